The molecule has 0 aliphatic rings. The number of nitrogens with one attached hydrogen (secondary N) is 1. The summed E-state index contributed by atoms with van der Waals surface area (Å²) < 4.78 is 5.75. The first kappa shape index (κ1) is 8.19. The van der Waals surface area contributed by atoms with Crippen LogP contribution in [0.15, 0.2) is 29.5 Å². The average Bonchev–Trinajstić information content (AvgIpc) is 2.52. The molecule has 0 bridgehead atoms. The summed E-state index contributed by atoms with van der Waals surface area (Å²) >= 11 is 5.12. The third-order valence-corrected chi connectivity index (χ3v) is 2.20. The van der Waals surface area contributed by atoms with E-state index in [4.69, 9.17) is 16.6 Å². The second-order valence-corrected chi connectivity index (χ2v) is 3.17. The van der Waals surface area contributed by atoms with Crippen LogP contribution >= 0.6 is 12.2 Å². The highest BCUT2D eigenvalue weighted by molar-refractivity contribution is 7.71. The molecule has 1 N–H and O–H groups in total. The zero-order valence-electron chi connectivity index (χ0n) is 7.07. The normalized spacial score (nSPS) is 10.2. The van der Waals surface area contributed by atoms with E-state index in [-0.39, 0.29) is 0 Å². The lowest BCUT2D eigenvalue weighted by Gasteiger charge is -1.96. The van der Waals surface area contributed by atoms with E-state index >= 15 is 0 Å². The van der Waals surface area contributed by atoms with Crippen LogP contribution in [-0.4, -0.2) is 9.97 Å². The minimum atomic E-state index is 0.680. The van der Waals surface area contributed by atoms with E-state index in [1.54, 1.807) is 25.1 Å². The lowest BCUT2D eigenvalue weighted by Crippen LogP contribution is -1.84. The molecule has 2 aromatic rings. The maximum atomic E-state index is 5.12. The molecule has 0 saturated carbocycles. The van der Waals surface area contributed by atoms with Crippen molar-refractivity contribution in [1.82, 2.24) is 9.97 Å². The predicted octanol–water partition coefficient (Wildman–Crippen LogP) is 2.71. The number of rotatable bonds is 1. The van der Waals surface area contributed by atoms with Crippen LogP contribution in [0.5, 0.6) is 0 Å². The van der Waals surface area contributed by atoms with Gasteiger partial charge in [0.25, 0.3) is 0 Å². The van der Waals surface area contributed by atoms with Crippen molar-refractivity contribution in [3.63, 3.8) is 0 Å². The SMILES string of the molecule is Cc1cocc1-c1cnc[nH]c1=S. The first-order valence-corrected chi connectivity index (χ1v) is 4.25. The molecule has 13 heavy (non-hydrogen) atoms. The van der Waals surface area contributed by atoms with Gasteiger partial charge in [0.15, 0.2) is 0 Å². The molecule has 0 aromatic carbocycles. The van der Waals surface area contributed by atoms with E-state index in [1.807, 2.05) is 6.92 Å². The van der Waals surface area contributed by atoms with Gasteiger partial charge in [0, 0.05) is 17.3 Å². The number of furan rings is 1. The number of hydrogen-bond acceptors (Lipinski definition) is 3. The fourth-order valence-corrected chi connectivity index (χ4v) is 1.39. The summed E-state index contributed by atoms with van der Waals surface area (Å²) in [4.78, 5) is 6.86. The highest BCUT2D eigenvalue weighted by atomic mass is 32.1. The van der Waals surface area contributed by atoms with E-state index in [1.165, 1.54) is 0 Å². The fourth-order valence-electron chi connectivity index (χ4n) is 1.17. The quantitative estimate of drug-likeness (QED) is 0.706. The number of aryl methyl sites for hydroxylation is 1. The Hall–Kier alpha value is -1.42. The van der Waals surface area contributed by atoms with Crippen LogP contribution < -0.4 is 0 Å². The molecule has 0 unspecified atom stereocenters. The molecule has 0 radical (unpaired) electrons. The van der Waals surface area contributed by atoms with Crippen molar-refractivity contribution in [2.75, 3.05) is 0 Å². The van der Waals surface area contributed by atoms with Crippen molar-refractivity contribution < 1.29 is 4.42 Å². The number of aromatic amines is 1. The summed E-state index contributed by atoms with van der Waals surface area (Å²) in [6.45, 7) is 1.97. The molecular weight excluding hydrogens is 184 g/mol. The molecule has 2 aromatic heterocycles. The minimum Gasteiger partial charge on any atom is -0.472 e. The Balaban J connectivity index is 2.66. The van der Waals surface area contributed by atoms with E-state index in [0.29, 0.717) is 4.64 Å². The Morgan fingerprint density at radius 1 is 1.38 bits per heavy atom. The second kappa shape index (κ2) is 3.14. The number of nitrogens with zero attached hydrogens (tertiary/aromatic N) is 1. The first-order valence-electron chi connectivity index (χ1n) is 3.85. The summed E-state index contributed by atoms with van der Waals surface area (Å²) in [5.74, 6) is 0. The van der Waals surface area contributed by atoms with Crippen LogP contribution in [0.2, 0.25) is 0 Å². The zero-order valence-corrected chi connectivity index (χ0v) is 7.89. The van der Waals surface area contributed by atoms with Crippen molar-refractivity contribution in [2.45, 2.75) is 6.92 Å². The standard InChI is InChI=1S/C9H8N2OS/c1-6-3-12-4-8(6)7-2-10-5-11-9(7)13/h2-5H,1H3,(H,10,11,13). The molecule has 0 spiro atoms. The molecule has 66 valence electrons. The Labute approximate surface area is 80.4 Å². The molecule has 3 nitrogen and oxygen atoms in total. The van der Waals surface area contributed by atoms with Crippen LogP contribution in [0.4, 0.5) is 0 Å². The van der Waals surface area contributed by atoms with Crippen LogP contribution in [0, 0.1) is 11.6 Å². The maximum absolute atomic E-state index is 5.12. The molecule has 0 atom stereocenters. The van der Waals surface area contributed by atoms with Crippen molar-refractivity contribution in [2.24, 2.45) is 0 Å². The molecular formula is C9H8N2OS. The summed E-state index contributed by atoms with van der Waals surface area (Å²) in [6, 6.07) is 0. The number of aromatic nitrogens is 2. The van der Waals surface area contributed by atoms with Crippen LogP contribution in [0.1, 0.15) is 5.56 Å². The monoisotopic (exact) mass is 192 g/mol. The van der Waals surface area contributed by atoms with Gasteiger partial charge in [-0.1, -0.05) is 12.2 Å². The topological polar surface area (TPSA) is 41.8 Å². The molecule has 0 amide bonds. The van der Waals surface area contributed by atoms with Gasteiger partial charge in [-0.3, -0.25) is 0 Å². The molecule has 0 saturated heterocycles. The van der Waals surface area contributed by atoms with E-state index in [0.717, 1.165) is 16.7 Å². The smallest absolute Gasteiger partial charge is 0.113 e. The van der Waals surface area contributed by atoms with Gasteiger partial charge in [0.1, 0.15) is 4.64 Å². The van der Waals surface area contributed by atoms with Crippen LogP contribution in [0.3, 0.4) is 0 Å². The van der Waals surface area contributed by atoms with Crippen molar-refractivity contribution in [3.05, 3.63) is 35.3 Å². The highest BCUT2D eigenvalue weighted by Crippen LogP contribution is 2.23. The highest BCUT2D eigenvalue weighted by Gasteiger charge is 2.05. The van der Waals surface area contributed by atoms with Crippen LogP contribution in [-0.2, 0) is 0 Å². The summed E-state index contributed by atoms with van der Waals surface area (Å²) in [7, 11) is 0. The molecule has 0 aliphatic carbocycles. The predicted molar refractivity (Wildman–Crippen MR) is 51.9 cm³/mol. The lowest BCUT2D eigenvalue weighted by atomic mass is 10.1. The van der Waals surface area contributed by atoms with Gasteiger partial charge in [0.2, 0.25) is 0 Å². The summed E-state index contributed by atoms with van der Waals surface area (Å²) in [5, 5.41) is 0. The molecule has 4 heteroatoms. The van der Waals surface area contributed by atoms with Gasteiger partial charge < -0.3 is 9.40 Å². The molecule has 0 fully saturated rings. The van der Waals surface area contributed by atoms with E-state index < -0.39 is 0 Å². The Morgan fingerprint density at radius 3 is 2.85 bits per heavy atom. The van der Waals surface area contributed by atoms with Crippen molar-refractivity contribution in [1.29, 1.82) is 0 Å². The molecule has 2 heterocycles. The Morgan fingerprint density at radius 2 is 2.23 bits per heavy atom. The second-order valence-electron chi connectivity index (χ2n) is 2.76. The third kappa shape index (κ3) is 1.40. The van der Waals surface area contributed by atoms with Gasteiger partial charge in [-0.25, -0.2) is 4.98 Å². The van der Waals surface area contributed by atoms with Gasteiger partial charge in [-0.05, 0) is 12.5 Å². The zero-order chi connectivity index (χ0) is 9.26. The Kier molecular flexibility index (Phi) is 1.98. The average molecular weight is 192 g/mol. The number of H-pyrrole nitrogens is 1. The molecule has 2 rings (SSSR count). The van der Waals surface area contributed by atoms with Gasteiger partial charge >= 0.3 is 0 Å². The molecule has 0 aliphatic heterocycles. The Bertz CT molecular complexity index is 472. The summed E-state index contributed by atoms with van der Waals surface area (Å²) in [5.41, 5.74) is 2.96. The maximum Gasteiger partial charge on any atom is 0.113 e. The van der Waals surface area contributed by atoms with E-state index in [9.17, 15) is 0 Å². The number of hydrogen-bond donors (Lipinski definition) is 1. The van der Waals surface area contributed by atoms with Gasteiger partial charge in [-0.15, -0.1) is 0 Å². The van der Waals surface area contributed by atoms with Gasteiger partial charge in [0.05, 0.1) is 18.9 Å². The van der Waals surface area contributed by atoms with Crippen LogP contribution in [0.25, 0.3) is 11.1 Å². The van der Waals surface area contributed by atoms with Crippen molar-refractivity contribution >= 4 is 12.2 Å². The van der Waals surface area contributed by atoms with Gasteiger partial charge in [-0.2, -0.15) is 0 Å². The third-order valence-electron chi connectivity index (χ3n) is 1.86. The largest absolute Gasteiger partial charge is 0.472 e. The summed E-state index contributed by atoms with van der Waals surface area (Å²) in [6.07, 6.45) is 6.67. The van der Waals surface area contributed by atoms with Crippen molar-refractivity contribution in [3.8, 4) is 11.1 Å². The fraction of sp³-hybridized carbons (Fsp3) is 0.111. The van der Waals surface area contributed by atoms with E-state index in [2.05, 4.69) is 9.97 Å². The minimum absolute atomic E-state index is 0.680. The lowest BCUT2D eigenvalue weighted by molar-refractivity contribution is 0.566. The first-order chi connectivity index (χ1) is 6.29.